The molecular formula is C21H21N5O5. The number of carbonyl (C=O) groups excluding carboxylic acids is 3. The number of ketones is 2. The standard InChI is InChI=1S/C21H21N5O5/c22-6-8-24-14-1-2-15(25-9-10-26-16(27)3-4-17(28)29)18-19(14)21(31)13-11-23-7-5-12(13)20(18)30/h1-5,7,11,24-25H,6,8-10,22H2,(H,26,27)(H,28,29)/b4-3-. The van der Waals surface area contributed by atoms with Crippen molar-refractivity contribution in [3.63, 3.8) is 0 Å². The Morgan fingerprint density at radius 2 is 1.58 bits per heavy atom. The first-order valence-electron chi connectivity index (χ1n) is 9.51. The monoisotopic (exact) mass is 423 g/mol. The number of benzene rings is 1. The lowest BCUT2D eigenvalue weighted by Crippen LogP contribution is -2.29. The Balaban J connectivity index is 1.84. The second kappa shape index (κ2) is 9.63. The number of amides is 1. The molecule has 0 aliphatic heterocycles. The Hall–Kier alpha value is -4.05. The van der Waals surface area contributed by atoms with Gasteiger partial charge in [-0.1, -0.05) is 0 Å². The van der Waals surface area contributed by atoms with Crippen LogP contribution in [0.3, 0.4) is 0 Å². The van der Waals surface area contributed by atoms with E-state index in [4.69, 9.17) is 10.8 Å². The molecule has 1 aliphatic rings. The highest BCUT2D eigenvalue weighted by molar-refractivity contribution is 6.31. The van der Waals surface area contributed by atoms with Gasteiger partial charge in [-0.3, -0.25) is 19.4 Å². The third-order valence-corrected chi connectivity index (χ3v) is 4.55. The molecule has 10 nitrogen and oxygen atoms in total. The van der Waals surface area contributed by atoms with E-state index in [1.165, 1.54) is 18.5 Å². The molecular weight excluding hydrogens is 402 g/mol. The summed E-state index contributed by atoms with van der Waals surface area (Å²) >= 11 is 0. The number of nitrogens with two attached hydrogens (primary N) is 1. The van der Waals surface area contributed by atoms with E-state index in [0.29, 0.717) is 24.5 Å². The first-order chi connectivity index (χ1) is 14.9. The number of carboxylic acid groups (broad SMARTS) is 1. The van der Waals surface area contributed by atoms with E-state index in [2.05, 4.69) is 20.9 Å². The number of carbonyl (C=O) groups is 4. The summed E-state index contributed by atoms with van der Waals surface area (Å²) in [6.07, 6.45) is 4.49. The summed E-state index contributed by atoms with van der Waals surface area (Å²) in [6, 6.07) is 4.88. The van der Waals surface area contributed by atoms with E-state index in [1.54, 1.807) is 12.1 Å². The van der Waals surface area contributed by atoms with Crippen molar-refractivity contribution in [2.75, 3.05) is 36.8 Å². The maximum atomic E-state index is 13.2. The van der Waals surface area contributed by atoms with Crippen LogP contribution >= 0.6 is 0 Å². The molecule has 1 heterocycles. The first-order valence-corrected chi connectivity index (χ1v) is 9.51. The molecule has 31 heavy (non-hydrogen) atoms. The van der Waals surface area contributed by atoms with Gasteiger partial charge in [0.1, 0.15) is 0 Å². The summed E-state index contributed by atoms with van der Waals surface area (Å²) < 4.78 is 0. The van der Waals surface area contributed by atoms with Crippen molar-refractivity contribution < 1.29 is 24.3 Å². The van der Waals surface area contributed by atoms with Crippen LogP contribution in [0.15, 0.2) is 42.7 Å². The van der Waals surface area contributed by atoms with Gasteiger partial charge in [0.05, 0.1) is 16.7 Å². The minimum atomic E-state index is -1.22. The molecule has 0 spiro atoms. The highest BCUT2D eigenvalue weighted by Gasteiger charge is 2.34. The van der Waals surface area contributed by atoms with Gasteiger partial charge in [0.15, 0.2) is 11.6 Å². The van der Waals surface area contributed by atoms with Crippen LogP contribution in [0.2, 0.25) is 0 Å². The van der Waals surface area contributed by atoms with Gasteiger partial charge in [0.2, 0.25) is 5.91 Å². The van der Waals surface area contributed by atoms with Crippen molar-refractivity contribution in [3.05, 3.63) is 65.0 Å². The molecule has 0 saturated heterocycles. The zero-order valence-corrected chi connectivity index (χ0v) is 16.5. The first kappa shape index (κ1) is 21.7. The van der Waals surface area contributed by atoms with E-state index in [9.17, 15) is 19.2 Å². The molecule has 0 bridgehead atoms. The van der Waals surface area contributed by atoms with Crippen LogP contribution < -0.4 is 21.7 Å². The van der Waals surface area contributed by atoms with Crippen molar-refractivity contribution in [3.8, 4) is 0 Å². The van der Waals surface area contributed by atoms with Gasteiger partial charge in [0.25, 0.3) is 0 Å². The number of carboxylic acids is 1. The number of anilines is 2. The molecule has 0 fully saturated rings. The highest BCUT2D eigenvalue weighted by Crippen LogP contribution is 2.36. The summed E-state index contributed by atoms with van der Waals surface area (Å²) in [5.74, 6) is -2.39. The summed E-state index contributed by atoms with van der Waals surface area (Å²) in [4.78, 5) is 52.3. The lowest BCUT2D eigenvalue weighted by molar-refractivity contribution is -0.131. The van der Waals surface area contributed by atoms with E-state index in [0.717, 1.165) is 12.2 Å². The predicted molar refractivity (Wildman–Crippen MR) is 113 cm³/mol. The van der Waals surface area contributed by atoms with Crippen molar-refractivity contribution in [2.45, 2.75) is 0 Å². The maximum Gasteiger partial charge on any atom is 0.328 e. The third kappa shape index (κ3) is 4.75. The minimum Gasteiger partial charge on any atom is -0.478 e. The van der Waals surface area contributed by atoms with Crippen molar-refractivity contribution in [2.24, 2.45) is 5.73 Å². The van der Waals surface area contributed by atoms with Crippen LogP contribution in [0.25, 0.3) is 0 Å². The number of aliphatic carboxylic acids is 1. The Labute approximate surface area is 177 Å². The van der Waals surface area contributed by atoms with Crippen molar-refractivity contribution >= 4 is 34.8 Å². The molecule has 0 saturated carbocycles. The Morgan fingerprint density at radius 1 is 0.935 bits per heavy atom. The summed E-state index contributed by atoms with van der Waals surface area (Å²) in [6.45, 7) is 1.20. The van der Waals surface area contributed by atoms with Crippen LogP contribution in [0.1, 0.15) is 31.8 Å². The van der Waals surface area contributed by atoms with Crippen LogP contribution in [0.4, 0.5) is 11.4 Å². The molecule has 1 amide bonds. The second-order valence-electron chi connectivity index (χ2n) is 6.60. The zero-order chi connectivity index (χ0) is 22.4. The largest absolute Gasteiger partial charge is 0.478 e. The number of nitrogens with zero attached hydrogens (tertiary/aromatic N) is 1. The molecule has 6 N–H and O–H groups in total. The fourth-order valence-electron chi connectivity index (χ4n) is 3.21. The molecule has 1 aromatic heterocycles. The molecule has 0 atom stereocenters. The highest BCUT2D eigenvalue weighted by atomic mass is 16.4. The average Bonchev–Trinajstić information content (AvgIpc) is 2.77. The Bertz CT molecular complexity index is 1080. The van der Waals surface area contributed by atoms with Crippen LogP contribution in [0, 0.1) is 0 Å². The van der Waals surface area contributed by atoms with Gasteiger partial charge >= 0.3 is 5.97 Å². The van der Waals surface area contributed by atoms with Gasteiger partial charge in [0, 0.05) is 67.7 Å². The van der Waals surface area contributed by atoms with E-state index < -0.39 is 11.9 Å². The van der Waals surface area contributed by atoms with Gasteiger partial charge in [-0.25, -0.2) is 4.79 Å². The number of fused-ring (bicyclic) bond motifs is 2. The molecule has 1 aliphatic carbocycles. The van der Waals surface area contributed by atoms with Crippen LogP contribution in [0.5, 0.6) is 0 Å². The lowest BCUT2D eigenvalue weighted by Gasteiger charge is -2.23. The van der Waals surface area contributed by atoms with E-state index in [-0.39, 0.29) is 46.9 Å². The maximum absolute atomic E-state index is 13.2. The number of hydrogen-bond acceptors (Lipinski definition) is 8. The summed E-state index contributed by atoms with van der Waals surface area (Å²) in [5.41, 5.74) is 7.51. The Morgan fingerprint density at radius 3 is 2.23 bits per heavy atom. The molecule has 0 unspecified atom stereocenters. The quantitative estimate of drug-likeness (QED) is 0.242. The predicted octanol–water partition coefficient (Wildman–Crippen LogP) is 0.397. The Kier molecular flexibility index (Phi) is 6.73. The molecule has 160 valence electrons. The van der Waals surface area contributed by atoms with E-state index in [1.807, 2.05) is 0 Å². The lowest BCUT2D eigenvalue weighted by atomic mass is 9.83. The van der Waals surface area contributed by atoms with Crippen molar-refractivity contribution in [1.82, 2.24) is 10.3 Å². The molecule has 1 aromatic carbocycles. The molecule has 2 aromatic rings. The summed E-state index contributed by atoms with van der Waals surface area (Å²) in [7, 11) is 0. The molecule has 0 radical (unpaired) electrons. The minimum absolute atomic E-state index is 0.174. The molecule has 3 rings (SSSR count). The van der Waals surface area contributed by atoms with Gasteiger partial charge in [-0.2, -0.15) is 0 Å². The van der Waals surface area contributed by atoms with E-state index >= 15 is 0 Å². The number of pyridine rings is 1. The number of rotatable bonds is 9. The van der Waals surface area contributed by atoms with Gasteiger partial charge in [-0.05, 0) is 18.2 Å². The number of hydrogen-bond donors (Lipinski definition) is 5. The smallest absolute Gasteiger partial charge is 0.328 e. The van der Waals surface area contributed by atoms with Crippen molar-refractivity contribution in [1.29, 1.82) is 0 Å². The van der Waals surface area contributed by atoms with Gasteiger partial charge < -0.3 is 26.8 Å². The second-order valence-corrected chi connectivity index (χ2v) is 6.60. The fourth-order valence-corrected chi connectivity index (χ4v) is 3.21. The fraction of sp³-hybridized carbons (Fsp3) is 0.190. The normalized spacial score (nSPS) is 12.3. The number of nitrogens with one attached hydrogen (secondary N) is 3. The van der Waals surface area contributed by atoms with Crippen LogP contribution in [-0.4, -0.2) is 59.7 Å². The topological polar surface area (TPSA) is 164 Å². The third-order valence-electron chi connectivity index (χ3n) is 4.55. The van der Waals surface area contributed by atoms with Gasteiger partial charge in [-0.15, -0.1) is 0 Å². The zero-order valence-electron chi connectivity index (χ0n) is 16.5. The SMILES string of the molecule is NCCNc1ccc(NCCNC(=O)/C=C\C(=O)O)c2c1C(=O)c1cnccc1C2=O. The summed E-state index contributed by atoms with van der Waals surface area (Å²) in [5, 5.41) is 17.2. The number of aromatic nitrogens is 1. The molecule has 10 heteroatoms. The van der Waals surface area contributed by atoms with Crippen LogP contribution in [-0.2, 0) is 9.59 Å². The average molecular weight is 423 g/mol.